The number of nitrogens with one attached hydrogen (secondary N) is 2. The number of carbonyl (C=O) groups is 2. The molecule has 1 aromatic carbocycles. The molecule has 0 heterocycles. The van der Waals surface area contributed by atoms with Gasteiger partial charge in [-0.15, -0.1) is 0 Å². The van der Waals surface area contributed by atoms with Gasteiger partial charge in [0.15, 0.2) is 0 Å². The summed E-state index contributed by atoms with van der Waals surface area (Å²) >= 11 is 5.87. The lowest BCUT2D eigenvalue weighted by Crippen LogP contribution is -2.46. The first-order valence-electron chi connectivity index (χ1n) is 6.97. The van der Waals surface area contributed by atoms with Crippen LogP contribution in [0.15, 0.2) is 24.3 Å². The van der Waals surface area contributed by atoms with Crippen molar-refractivity contribution in [1.29, 1.82) is 0 Å². The maximum absolute atomic E-state index is 11.8. The van der Waals surface area contributed by atoms with Crippen LogP contribution in [0.3, 0.4) is 0 Å². The zero-order valence-corrected chi connectivity index (χ0v) is 12.4. The molecule has 114 valence electrons. The molecule has 1 aliphatic carbocycles. The molecule has 3 N–H and O–H groups in total. The fourth-order valence-corrected chi connectivity index (χ4v) is 2.79. The Bertz CT molecular complexity index is 529. The van der Waals surface area contributed by atoms with Crippen molar-refractivity contribution in [3.63, 3.8) is 0 Å². The van der Waals surface area contributed by atoms with Crippen molar-refractivity contribution in [2.75, 3.05) is 6.54 Å². The van der Waals surface area contributed by atoms with Crippen LogP contribution in [0.5, 0.6) is 0 Å². The second-order valence-electron chi connectivity index (χ2n) is 5.59. The molecule has 1 aromatic rings. The predicted molar refractivity (Wildman–Crippen MR) is 80.2 cm³/mol. The molecule has 1 fully saturated rings. The van der Waals surface area contributed by atoms with E-state index >= 15 is 0 Å². The number of hydrogen-bond donors (Lipinski definition) is 3. The third-order valence-corrected chi connectivity index (χ3v) is 4.14. The topological polar surface area (TPSA) is 78.4 Å². The van der Waals surface area contributed by atoms with Crippen LogP contribution in [-0.2, 0) is 11.3 Å². The molecule has 0 unspecified atom stereocenters. The van der Waals surface area contributed by atoms with E-state index in [1.165, 1.54) is 0 Å². The summed E-state index contributed by atoms with van der Waals surface area (Å²) in [5, 5.41) is 15.1. The van der Waals surface area contributed by atoms with Gasteiger partial charge >= 0.3 is 12.0 Å². The molecule has 6 heteroatoms. The molecule has 5 nitrogen and oxygen atoms in total. The molecule has 0 aliphatic heterocycles. The maximum Gasteiger partial charge on any atom is 0.315 e. The van der Waals surface area contributed by atoms with Crippen LogP contribution in [0.1, 0.15) is 31.2 Å². The number of benzene rings is 1. The average molecular weight is 311 g/mol. The summed E-state index contributed by atoms with van der Waals surface area (Å²) in [5.41, 5.74) is 0.653. The van der Waals surface area contributed by atoms with Gasteiger partial charge in [-0.2, -0.15) is 0 Å². The number of amides is 2. The Morgan fingerprint density at radius 2 is 2.05 bits per heavy atom. The van der Waals surface area contributed by atoms with Crippen LogP contribution in [0.2, 0.25) is 5.02 Å². The normalized spacial score (nSPS) is 15.9. The predicted octanol–water partition coefficient (Wildman–Crippen LogP) is 2.78. The van der Waals surface area contributed by atoms with Crippen LogP contribution in [0.4, 0.5) is 4.79 Å². The molecule has 0 radical (unpaired) electrons. The summed E-state index contributed by atoms with van der Waals surface area (Å²) in [6, 6.07) is 6.99. The van der Waals surface area contributed by atoms with Crippen molar-refractivity contribution in [2.24, 2.45) is 5.41 Å². The van der Waals surface area contributed by atoms with E-state index in [4.69, 9.17) is 16.7 Å². The number of hydrogen-bond acceptors (Lipinski definition) is 2. The average Bonchev–Trinajstić information content (AvgIpc) is 2.39. The Morgan fingerprint density at radius 3 is 2.62 bits per heavy atom. The van der Waals surface area contributed by atoms with Gasteiger partial charge in [-0.1, -0.05) is 30.2 Å². The fourth-order valence-electron chi connectivity index (χ4n) is 2.57. The molecule has 0 saturated heterocycles. The molecule has 2 rings (SSSR count). The van der Waals surface area contributed by atoms with Gasteiger partial charge in [-0.05, 0) is 36.0 Å². The largest absolute Gasteiger partial charge is 0.481 e. The Balaban J connectivity index is 1.76. The SMILES string of the molecule is O=C(O)CC1(CNC(=O)NCc2cccc(Cl)c2)CCC1. The lowest BCUT2D eigenvalue weighted by Gasteiger charge is -2.40. The van der Waals surface area contributed by atoms with Crippen LogP contribution in [-0.4, -0.2) is 23.7 Å². The molecule has 0 aromatic heterocycles. The lowest BCUT2D eigenvalue weighted by atomic mass is 9.66. The maximum atomic E-state index is 11.8. The van der Waals surface area contributed by atoms with Gasteiger partial charge in [0.25, 0.3) is 0 Å². The summed E-state index contributed by atoms with van der Waals surface area (Å²) in [5.74, 6) is -0.809. The van der Waals surface area contributed by atoms with Crippen LogP contribution in [0.25, 0.3) is 0 Å². The van der Waals surface area contributed by atoms with Crippen molar-refractivity contribution in [2.45, 2.75) is 32.2 Å². The number of carboxylic acid groups (broad SMARTS) is 1. The van der Waals surface area contributed by atoms with E-state index in [2.05, 4.69) is 10.6 Å². The molecule has 0 bridgehead atoms. The first-order valence-corrected chi connectivity index (χ1v) is 7.35. The number of carbonyl (C=O) groups excluding carboxylic acids is 1. The highest BCUT2D eigenvalue weighted by Gasteiger charge is 2.39. The second-order valence-corrected chi connectivity index (χ2v) is 6.03. The molecule has 1 aliphatic rings. The van der Waals surface area contributed by atoms with E-state index in [0.29, 0.717) is 18.1 Å². The quantitative estimate of drug-likeness (QED) is 0.756. The molecule has 21 heavy (non-hydrogen) atoms. The van der Waals surface area contributed by atoms with E-state index in [-0.39, 0.29) is 17.9 Å². The van der Waals surface area contributed by atoms with Gasteiger partial charge in [-0.3, -0.25) is 4.79 Å². The summed E-state index contributed by atoms with van der Waals surface area (Å²) in [7, 11) is 0. The standard InChI is InChI=1S/C15H19ClN2O3/c16-12-4-1-3-11(7-12)9-17-14(21)18-10-15(5-2-6-15)8-13(19)20/h1,3-4,7H,2,5-6,8-10H2,(H,19,20)(H2,17,18,21). The lowest BCUT2D eigenvalue weighted by molar-refractivity contribution is -0.141. The van der Waals surface area contributed by atoms with Crippen molar-refractivity contribution >= 4 is 23.6 Å². The molecule has 0 atom stereocenters. The minimum atomic E-state index is -0.809. The van der Waals surface area contributed by atoms with Gasteiger partial charge in [0.2, 0.25) is 0 Å². The van der Waals surface area contributed by atoms with Crippen molar-refractivity contribution in [3.05, 3.63) is 34.9 Å². The highest BCUT2D eigenvalue weighted by Crippen LogP contribution is 2.43. The fraction of sp³-hybridized carbons (Fsp3) is 0.467. The molecule has 2 amide bonds. The summed E-state index contributed by atoms with van der Waals surface area (Å²) in [6.45, 7) is 0.791. The third kappa shape index (κ3) is 4.63. The summed E-state index contributed by atoms with van der Waals surface area (Å²) in [4.78, 5) is 22.6. The Labute approximate surface area is 128 Å². The number of rotatable bonds is 6. The first-order chi connectivity index (χ1) is 9.99. The number of halogens is 1. The Kier molecular flexibility index (Phi) is 5.07. The Morgan fingerprint density at radius 1 is 1.29 bits per heavy atom. The molecule has 0 spiro atoms. The Hall–Kier alpha value is -1.75. The molecular weight excluding hydrogens is 292 g/mol. The van der Waals surface area contributed by atoms with Crippen LogP contribution < -0.4 is 10.6 Å². The van der Waals surface area contributed by atoms with Gasteiger partial charge < -0.3 is 15.7 Å². The zero-order valence-electron chi connectivity index (χ0n) is 11.7. The minimum absolute atomic E-state index is 0.113. The summed E-state index contributed by atoms with van der Waals surface area (Å²) < 4.78 is 0. The zero-order chi connectivity index (χ0) is 15.3. The molecular formula is C15H19ClN2O3. The van der Waals surface area contributed by atoms with Crippen molar-refractivity contribution in [1.82, 2.24) is 10.6 Å². The van der Waals surface area contributed by atoms with Gasteiger partial charge in [0.05, 0.1) is 6.42 Å². The van der Waals surface area contributed by atoms with Gasteiger partial charge in [0, 0.05) is 18.1 Å². The van der Waals surface area contributed by atoms with Crippen molar-refractivity contribution in [3.8, 4) is 0 Å². The van der Waals surface area contributed by atoms with Crippen molar-refractivity contribution < 1.29 is 14.7 Å². The van der Waals surface area contributed by atoms with Gasteiger partial charge in [0.1, 0.15) is 0 Å². The smallest absolute Gasteiger partial charge is 0.315 e. The van der Waals surface area contributed by atoms with E-state index in [1.807, 2.05) is 12.1 Å². The monoisotopic (exact) mass is 310 g/mol. The van der Waals surface area contributed by atoms with Crippen LogP contribution in [0, 0.1) is 5.41 Å². The highest BCUT2D eigenvalue weighted by molar-refractivity contribution is 6.30. The first kappa shape index (κ1) is 15.6. The van der Waals surface area contributed by atoms with E-state index < -0.39 is 5.97 Å². The van der Waals surface area contributed by atoms with E-state index in [1.54, 1.807) is 12.1 Å². The molecule has 1 saturated carbocycles. The number of carboxylic acids is 1. The van der Waals surface area contributed by atoms with E-state index in [9.17, 15) is 9.59 Å². The van der Waals surface area contributed by atoms with Crippen LogP contribution >= 0.6 is 11.6 Å². The minimum Gasteiger partial charge on any atom is -0.481 e. The third-order valence-electron chi connectivity index (χ3n) is 3.91. The number of aliphatic carboxylic acids is 1. The van der Waals surface area contributed by atoms with E-state index in [0.717, 1.165) is 24.8 Å². The summed E-state index contributed by atoms with van der Waals surface area (Å²) in [6.07, 6.45) is 2.85. The number of urea groups is 1. The second kappa shape index (κ2) is 6.80. The van der Waals surface area contributed by atoms with Gasteiger partial charge in [-0.25, -0.2) is 4.79 Å². The highest BCUT2D eigenvalue weighted by atomic mass is 35.5.